The number of amides is 1. The summed E-state index contributed by atoms with van der Waals surface area (Å²) in [5, 5.41) is 21.1. The molecule has 0 spiro atoms. The molecule has 0 aliphatic carbocycles. The highest BCUT2D eigenvalue weighted by Gasteiger charge is 2.23. The topological polar surface area (TPSA) is 93.4 Å². The molecule has 2 N–H and O–H groups in total. The van der Waals surface area contributed by atoms with Gasteiger partial charge in [-0.25, -0.2) is 0 Å². The summed E-state index contributed by atoms with van der Waals surface area (Å²) in [6, 6.07) is 9.41. The van der Waals surface area contributed by atoms with Crippen LogP contribution in [0.15, 0.2) is 35.7 Å². The third-order valence-electron chi connectivity index (χ3n) is 6.08. The summed E-state index contributed by atoms with van der Waals surface area (Å²) in [5.41, 5.74) is 2.68. The molecule has 0 saturated carbocycles. The molecule has 5 rings (SSSR count). The van der Waals surface area contributed by atoms with Gasteiger partial charge in [-0.05, 0) is 62.0 Å². The standard InChI is InChI=1S/C23H25N7OS2/c1-14-9-10-16(20-26-25-19-8-4-3-5-11-29(19)20)13-17(14)24-22(31)15(2)30-21(27-28-23(30)32)18-7-6-12-33-18/h6-7,9-10,12-13,15H,3-5,8,11H2,1-2H3,(H,24,31)(H,28,32). The third kappa shape index (κ3) is 4.16. The number of nitrogens with zero attached hydrogens (tertiary/aromatic N) is 5. The molecule has 4 aromatic rings. The van der Waals surface area contributed by atoms with Crippen LogP contribution in [-0.2, 0) is 17.8 Å². The smallest absolute Gasteiger partial charge is 0.247 e. The van der Waals surface area contributed by atoms with E-state index in [2.05, 4.69) is 30.3 Å². The number of aromatic amines is 1. The summed E-state index contributed by atoms with van der Waals surface area (Å²) >= 11 is 6.98. The zero-order chi connectivity index (χ0) is 22.9. The van der Waals surface area contributed by atoms with Crippen molar-refractivity contribution in [1.29, 1.82) is 0 Å². The van der Waals surface area contributed by atoms with Crippen molar-refractivity contribution >= 4 is 35.1 Å². The Balaban J connectivity index is 1.43. The molecule has 170 valence electrons. The van der Waals surface area contributed by atoms with E-state index in [0.29, 0.717) is 10.6 Å². The molecule has 8 nitrogen and oxygen atoms in total. The van der Waals surface area contributed by atoms with Gasteiger partial charge in [-0.1, -0.05) is 24.6 Å². The molecule has 1 aliphatic rings. The van der Waals surface area contributed by atoms with Gasteiger partial charge in [-0.2, -0.15) is 5.10 Å². The van der Waals surface area contributed by atoms with Gasteiger partial charge in [0.2, 0.25) is 5.91 Å². The van der Waals surface area contributed by atoms with Crippen LogP contribution in [0.25, 0.3) is 22.1 Å². The third-order valence-corrected chi connectivity index (χ3v) is 7.23. The van der Waals surface area contributed by atoms with E-state index in [1.54, 1.807) is 15.9 Å². The first-order valence-electron chi connectivity index (χ1n) is 11.1. The number of rotatable bonds is 5. The molecule has 3 aromatic heterocycles. The lowest BCUT2D eigenvalue weighted by Crippen LogP contribution is -2.24. The molecule has 1 aliphatic heterocycles. The Morgan fingerprint density at radius 1 is 1.21 bits per heavy atom. The summed E-state index contributed by atoms with van der Waals surface area (Å²) in [5.74, 6) is 2.39. The molecule has 1 amide bonds. The maximum absolute atomic E-state index is 13.3. The van der Waals surface area contributed by atoms with E-state index in [9.17, 15) is 4.79 Å². The number of aryl methyl sites for hydroxylation is 2. The molecule has 33 heavy (non-hydrogen) atoms. The van der Waals surface area contributed by atoms with E-state index in [4.69, 9.17) is 12.2 Å². The second-order valence-corrected chi connectivity index (χ2v) is 9.63. The second kappa shape index (κ2) is 9.03. The van der Waals surface area contributed by atoms with Crippen LogP contribution >= 0.6 is 23.6 Å². The van der Waals surface area contributed by atoms with E-state index >= 15 is 0 Å². The maximum Gasteiger partial charge on any atom is 0.247 e. The van der Waals surface area contributed by atoms with E-state index in [1.165, 1.54) is 6.42 Å². The molecular weight excluding hydrogens is 454 g/mol. The predicted molar refractivity (Wildman–Crippen MR) is 132 cm³/mol. The lowest BCUT2D eigenvalue weighted by molar-refractivity contribution is -0.118. The molecule has 1 atom stereocenters. The monoisotopic (exact) mass is 479 g/mol. The van der Waals surface area contributed by atoms with Gasteiger partial charge in [-0.3, -0.25) is 14.5 Å². The van der Waals surface area contributed by atoms with Gasteiger partial charge >= 0.3 is 0 Å². The fourth-order valence-corrected chi connectivity index (χ4v) is 5.19. The summed E-state index contributed by atoms with van der Waals surface area (Å²) in [4.78, 5) is 14.2. The number of hydrogen-bond acceptors (Lipinski definition) is 6. The minimum absolute atomic E-state index is 0.161. The lowest BCUT2D eigenvalue weighted by Gasteiger charge is -2.17. The van der Waals surface area contributed by atoms with Gasteiger partial charge in [0.05, 0.1) is 4.88 Å². The van der Waals surface area contributed by atoms with Crippen molar-refractivity contribution in [2.75, 3.05) is 5.32 Å². The van der Waals surface area contributed by atoms with E-state index in [0.717, 1.165) is 59.1 Å². The first-order valence-corrected chi connectivity index (χ1v) is 12.4. The predicted octanol–water partition coefficient (Wildman–Crippen LogP) is 5.16. The zero-order valence-corrected chi connectivity index (χ0v) is 20.2. The lowest BCUT2D eigenvalue weighted by atomic mass is 10.1. The largest absolute Gasteiger partial charge is 0.324 e. The Labute approximate surface area is 200 Å². The zero-order valence-electron chi connectivity index (χ0n) is 18.5. The van der Waals surface area contributed by atoms with Gasteiger partial charge < -0.3 is 9.88 Å². The number of benzene rings is 1. The van der Waals surface area contributed by atoms with Crippen LogP contribution in [0.4, 0.5) is 5.69 Å². The first-order chi connectivity index (χ1) is 16.0. The Kier molecular flexibility index (Phi) is 5.94. The molecule has 0 fully saturated rings. The van der Waals surface area contributed by atoms with Gasteiger partial charge in [0.15, 0.2) is 16.4 Å². The number of thiophene rings is 1. The summed E-state index contributed by atoms with van der Waals surface area (Å²) in [7, 11) is 0. The molecule has 0 radical (unpaired) electrons. The number of carbonyl (C=O) groups excluding carboxylic acids is 1. The van der Waals surface area contributed by atoms with Crippen LogP contribution in [0, 0.1) is 11.7 Å². The molecule has 1 aromatic carbocycles. The average Bonchev–Trinajstić information content (AvgIpc) is 3.52. The van der Waals surface area contributed by atoms with Crippen molar-refractivity contribution in [3.05, 3.63) is 51.9 Å². The van der Waals surface area contributed by atoms with E-state index < -0.39 is 6.04 Å². The average molecular weight is 480 g/mol. The van der Waals surface area contributed by atoms with Crippen molar-refractivity contribution in [3.8, 4) is 22.1 Å². The fraction of sp³-hybridized carbons (Fsp3) is 0.348. The number of hydrogen-bond donors (Lipinski definition) is 2. The SMILES string of the molecule is Cc1ccc(-c2nnc3n2CCCCC3)cc1NC(=O)C(C)n1c(-c2cccs2)n[nH]c1=S. The van der Waals surface area contributed by atoms with E-state index in [-0.39, 0.29) is 5.91 Å². The van der Waals surface area contributed by atoms with Crippen molar-refractivity contribution in [2.24, 2.45) is 0 Å². The molecule has 0 bridgehead atoms. The highest BCUT2D eigenvalue weighted by Crippen LogP contribution is 2.29. The van der Waals surface area contributed by atoms with Crippen LogP contribution in [-0.4, -0.2) is 35.4 Å². The van der Waals surface area contributed by atoms with Crippen molar-refractivity contribution in [1.82, 2.24) is 29.5 Å². The number of H-pyrrole nitrogens is 1. The van der Waals surface area contributed by atoms with Crippen LogP contribution in [0.5, 0.6) is 0 Å². The van der Waals surface area contributed by atoms with Crippen LogP contribution in [0.2, 0.25) is 0 Å². The molecule has 0 saturated heterocycles. The Bertz CT molecular complexity index is 1350. The van der Waals surface area contributed by atoms with Crippen LogP contribution in [0.1, 0.15) is 43.6 Å². The van der Waals surface area contributed by atoms with Gasteiger partial charge in [0.1, 0.15) is 11.9 Å². The number of fused-ring (bicyclic) bond motifs is 1. The number of anilines is 1. The number of nitrogens with one attached hydrogen (secondary N) is 2. The van der Waals surface area contributed by atoms with Gasteiger partial charge in [0.25, 0.3) is 0 Å². The molecule has 10 heteroatoms. The summed E-state index contributed by atoms with van der Waals surface area (Å²) < 4.78 is 4.38. The Morgan fingerprint density at radius 3 is 2.91 bits per heavy atom. The highest BCUT2D eigenvalue weighted by molar-refractivity contribution is 7.71. The normalized spacial score (nSPS) is 14.5. The first kappa shape index (κ1) is 21.7. The summed E-state index contributed by atoms with van der Waals surface area (Å²) in [6.45, 7) is 4.73. The minimum atomic E-state index is -0.541. The molecule has 4 heterocycles. The van der Waals surface area contributed by atoms with Gasteiger partial charge in [0, 0.05) is 24.2 Å². The Morgan fingerprint density at radius 2 is 2.09 bits per heavy atom. The fourth-order valence-electron chi connectivity index (χ4n) is 4.19. The highest BCUT2D eigenvalue weighted by atomic mass is 32.1. The van der Waals surface area contributed by atoms with Crippen LogP contribution < -0.4 is 5.32 Å². The maximum atomic E-state index is 13.3. The van der Waals surface area contributed by atoms with Crippen molar-refractivity contribution < 1.29 is 4.79 Å². The van der Waals surface area contributed by atoms with Crippen molar-refractivity contribution in [2.45, 2.75) is 52.1 Å². The molecular formula is C23H25N7OS2. The quantitative estimate of drug-likeness (QED) is 0.386. The van der Waals surface area contributed by atoms with Crippen LogP contribution in [0.3, 0.4) is 0 Å². The number of aromatic nitrogens is 6. The number of carbonyl (C=O) groups is 1. The Hall–Kier alpha value is -3.11. The second-order valence-electron chi connectivity index (χ2n) is 8.30. The van der Waals surface area contributed by atoms with Crippen molar-refractivity contribution in [3.63, 3.8) is 0 Å². The summed E-state index contributed by atoms with van der Waals surface area (Å²) in [6.07, 6.45) is 4.44. The minimum Gasteiger partial charge on any atom is -0.324 e. The van der Waals surface area contributed by atoms with E-state index in [1.807, 2.05) is 49.6 Å². The van der Waals surface area contributed by atoms with Gasteiger partial charge in [-0.15, -0.1) is 21.5 Å². The molecule has 1 unspecified atom stereocenters.